The van der Waals surface area contributed by atoms with E-state index in [1.807, 2.05) is 6.07 Å². The second-order valence-corrected chi connectivity index (χ2v) is 3.63. The molecule has 1 atom stereocenters. The molecule has 2 nitrogen and oxygen atoms in total. The predicted molar refractivity (Wildman–Crippen MR) is 54.8 cm³/mol. The van der Waals surface area contributed by atoms with Gasteiger partial charge in [-0.15, -0.1) is 12.4 Å². The summed E-state index contributed by atoms with van der Waals surface area (Å²) >= 11 is 0. The van der Waals surface area contributed by atoms with Crippen molar-refractivity contribution in [3.63, 3.8) is 0 Å². The van der Waals surface area contributed by atoms with Crippen LogP contribution in [0.3, 0.4) is 0 Å². The zero-order chi connectivity index (χ0) is 8.39. The van der Waals surface area contributed by atoms with E-state index < -0.39 is 0 Å². The summed E-state index contributed by atoms with van der Waals surface area (Å²) in [6.07, 6.45) is 8.72. The third-order valence-corrected chi connectivity index (χ3v) is 2.84. The van der Waals surface area contributed by atoms with Crippen LogP contribution in [0.4, 0.5) is 0 Å². The van der Waals surface area contributed by atoms with Crippen molar-refractivity contribution in [2.24, 2.45) is 11.7 Å². The Bertz CT molecular complexity index is 229. The average molecular weight is 202 g/mol. The minimum atomic E-state index is 0. The first-order valence-corrected chi connectivity index (χ1v) is 4.65. The van der Waals surface area contributed by atoms with E-state index in [-0.39, 0.29) is 18.4 Å². The molecule has 0 aliphatic heterocycles. The Morgan fingerprint density at radius 3 is 2.62 bits per heavy atom. The van der Waals surface area contributed by atoms with E-state index in [1.54, 1.807) is 12.5 Å². The molecule has 1 aliphatic carbocycles. The monoisotopic (exact) mass is 201 g/mol. The lowest BCUT2D eigenvalue weighted by Gasteiger charge is -2.16. The molecule has 3 heteroatoms. The number of hydrogen-bond donors (Lipinski definition) is 1. The summed E-state index contributed by atoms with van der Waals surface area (Å²) in [7, 11) is 0. The molecule has 0 radical (unpaired) electrons. The van der Waals surface area contributed by atoms with Crippen molar-refractivity contribution >= 4 is 12.4 Å². The predicted octanol–water partition coefficient (Wildman–Crippen LogP) is 2.89. The first kappa shape index (κ1) is 10.6. The van der Waals surface area contributed by atoms with E-state index in [9.17, 15) is 0 Å². The van der Waals surface area contributed by atoms with E-state index in [4.69, 9.17) is 10.2 Å². The van der Waals surface area contributed by atoms with E-state index in [2.05, 4.69) is 0 Å². The number of nitrogens with two attached hydrogens (primary N) is 1. The quantitative estimate of drug-likeness (QED) is 0.799. The van der Waals surface area contributed by atoms with Gasteiger partial charge in [0.05, 0.1) is 12.5 Å². The summed E-state index contributed by atoms with van der Waals surface area (Å²) in [4.78, 5) is 0. The molecule has 1 aliphatic rings. The first-order valence-electron chi connectivity index (χ1n) is 4.65. The molecule has 1 aromatic rings. The van der Waals surface area contributed by atoms with Crippen LogP contribution in [0.2, 0.25) is 0 Å². The molecule has 0 amide bonds. The standard InChI is InChI=1S/C10H15NO.ClH/c11-10(8-3-1-2-4-8)9-5-6-12-7-9;/h5-8,10H,1-4,11H2;1H/t10-;/m0./s1. The fourth-order valence-corrected chi connectivity index (χ4v) is 2.05. The Hall–Kier alpha value is -0.470. The number of rotatable bonds is 2. The third kappa shape index (κ3) is 2.26. The summed E-state index contributed by atoms with van der Waals surface area (Å²) in [6.45, 7) is 0. The maximum atomic E-state index is 6.08. The van der Waals surface area contributed by atoms with Crippen LogP contribution in [0.5, 0.6) is 0 Å². The summed E-state index contributed by atoms with van der Waals surface area (Å²) < 4.78 is 5.02. The van der Waals surface area contributed by atoms with E-state index >= 15 is 0 Å². The smallest absolute Gasteiger partial charge is 0.0950 e. The van der Waals surface area contributed by atoms with Crippen LogP contribution in [0, 0.1) is 5.92 Å². The Kier molecular flexibility index (Phi) is 3.82. The Labute approximate surface area is 84.9 Å². The van der Waals surface area contributed by atoms with E-state index in [1.165, 1.54) is 25.7 Å². The van der Waals surface area contributed by atoms with Crippen LogP contribution >= 0.6 is 12.4 Å². The van der Waals surface area contributed by atoms with Crippen LogP contribution < -0.4 is 5.73 Å². The normalized spacial score (nSPS) is 19.8. The Morgan fingerprint density at radius 2 is 2.08 bits per heavy atom. The van der Waals surface area contributed by atoms with Gasteiger partial charge in [-0.05, 0) is 24.8 Å². The Balaban J connectivity index is 0.000000845. The molecule has 74 valence electrons. The zero-order valence-electron chi connectivity index (χ0n) is 7.61. The van der Waals surface area contributed by atoms with Gasteiger partial charge in [0.1, 0.15) is 0 Å². The lowest BCUT2D eigenvalue weighted by atomic mass is 9.94. The van der Waals surface area contributed by atoms with Crippen molar-refractivity contribution < 1.29 is 4.42 Å². The molecular formula is C10H16ClNO. The minimum Gasteiger partial charge on any atom is -0.472 e. The molecule has 1 heterocycles. The highest BCUT2D eigenvalue weighted by atomic mass is 35.5. The zero-order valence-corrected chi connectivity index (χ0v) is 8.43. The average Bonchev–Trinajstić information content (AvgIpc) is 2.77. The van der Waals surface area contributed by atoms with Crippen molar-refractivity contribution in [3.8, 4) is 0 Å². The number of hydrogen-bond acceptors (Lipinski definition) is 2. The van der Waals surface area contributed by atoms with Crippen LogP contribution in [0.15, 0.2) is 23.0 Å². The summed E-state index contributed by atoms with van der Waals surface area (Å²) in [6, 6.07) is 2.18. The molecule has 0 spiro atoms. The number of furan rings is 1. The third-order valence-electron chi connectivity index (χ3n) is 2.84. The van der Waals surface area contributed by atoms with Gasteiger partial charge < -0.3 is 10.2 Å². The van der Waals surface area contributed by atoms with Gasteiger partial charge in [-0.2, -0.15) is 0 Å². The maximum Gasteiger partial charge on any atom is 0.0950 e. The van der Waals surface area contributed by atoms with Gasteiger partial charge in [-0.1, -0.05) is 12.8 Å². The van der Waals surface area contributed by atoms with Crippen molar-refractivity contribution in [2.45, 2.75) is 31.7 Å². The highest BCUT2D eigenvalue weighted by Crippen LogP contribution is 2.33. The fraction of sp³-hybridized carbons (Fsp3) is 0.600. The first-order chi connectivity index (χ1) is 5.88. The Morgan fingerprint density at radius 1 is 1.38 bits per heavy atom. The van der Waals surface area contributed by atoms with Gasteiger partial charge >= 0.3 is 0 Å². The van der Waals surface area contributed by atoms with Gasteiger partial charge in [-0.25, -0.2) is 0 Å². The summed E-state index contributed by atoms with van der Waals surface area (Å²) in [5.74, 6) is 0.683. The lowest BCUT2D eigenvalue weighted by molar-refractivity contribution is 0.440. The largest absolute Gasteiger partial charge is 0.472 e. The van der Waals surface area contributed by atoms with Gasteiger partial charge in [0.25, 0.3) is 0 Å². The molecule has 1 saturated carbocycles. The highest BCUT2D eigenvalue weighted by molar-refractivity contribution is 5.85. The maximum absolute atomic E-state index is 6.08. The minimum absolute atomic E-state index is 0. The molecule has 1 fully saturated rings. The molecular weight excluding hydrogens is 186 g/mol. The second kappa shape index (κ2) is 4.68. The van der Waals surface area contributed by atoms with Crippen molar-refractivity contribution in [2.75, 3.05) is 0 Å². The van der Waals surface area contributed by atoms with E-state index in [0.29, 0.717) is 5.92 Å². The van der Waals surface area contributed by atoms with Crippen molar-refractivity contribution in [1.29, 1.82) is 0 Å². The molecule has 0 unspecified atom stereocenters. The summed E-state index contributed by atoms with van der Waals surface area (Å²) in [5.41, 5.74) is 7.24. The van der Waals surface area contributed by atoms with Gasteiger partial charge in [0.2, 0.25) is 0 Å². The van der Waals surface area contributed by atoms with Crippen LogP contribution in [-0.4, -0.2) is 0 Å². The molecule has 0 saturated heterocycles. The van der Waals surface area contributed by atoms with Gasteiger partial charge in [-0.3, -0.25) is 0 Å². The van der Waals surface area contributed by atoms with Crippen molar-refractivity contribution in [3.05, 3.63) is 24.2 Å². The van der Waals surface area contributed by atoms with Crippen molar-refractivity contribution in [1.82, 2.24) is 0 Å². The molecule has 13 heavy (non-hydrogen) atoms. The molecule has 2 rings (SSSR count). The van der Waals surface area contributed by atoms with Crippen LogP contribution in [0.25, 0.3) is 0 Å². The number of halogens is 1. The van der Waals surface area contributed by atoms with Crippen LogP contribution in [-0.2, 0) is 0 Å². The van der Waals surface area contributed by atoms with Gasteiger partial charge in [0.15, 0.2) is 0 Å². The molecule has 2 N–H and O–H groups in total. The SMILES string of the molecule is Cl.N[C@H](c1ccoc1)C1CCCC1. The second-order valence-electron chi connectivity index (χ2n) is 3.63. The van der Waals surface area contributed by atoms with Gasteiger partial charge in [0, 0.05) is 11.6 Å². The molecule has 1 aromatic heterocycles. The molecule has 0 aromatic carbocycles. The fourth-order valence-electron chi connectivity index (χ4n) is 2.05. The van der Waals surface area contributed by atoms with Crippen LogP contribution in [0.1, 0.15) is 37.3 Å². The topological polar surface area (TPSA) is 39.2 Å². The summed E-state index contributed by atoms with van der Waals surface area (Å²) in [5, 5.41) is 0. The van der Waals surface area contributed by atoms with E-state index in [0.717, 1.165) is 5.56 Å². The molecule has 0 bridgehead atoms. The lowest BCUT2D eigenvalue weighted by Crippen LogP contribution is -2.18. The highest BCUT2D eigenvalue weighted by Gasteiger charge is 2.23.